The summed E-state index contributed by atoms with van der Waals surface area (Å²) in [5.74, 6) is 0.482. The Hall–Kier alpha value is -3.46. The highest BCUT2D eigenvalue weighted by molar-refractivity contribution is 5.69. The third-order valence-corrected chi connectivity index (χ3v) is 5.91. The minimum absolute atomic E-state index is 0.0517. The molecule has 0 aromatic carbocycles. The van der Waals surface area contributed by atoms with Crippen molar-refractivity contribution in [3.63, 3.8) is 0 Å². The van der Waals surface area contributed by atoms with Crippen molar-refractivity contribution in [3.05, 3.63) is 35.4 Å². The van der Waals surface area contributed by atoms with Crippen molar-refractivity contribution in [1.82, 2.24) is 29.9 Å². The largest absolute Gasteiger partial charge is 0.522 e. The van der Waals surface area contributed by atoms with Crippen LogP contribution >= 0.6 is 0 Å². The minimum atomic E-state index is -4.78. The summed E-state index contributed by atoms with van der Waals surface area (Å²) in [6.45, 7) is 2.71. The Labute approximate surface area is 201 Å². The Kier molecular flexibility index (Phi) is 5.98. The molecule has 3 N–H and O–H groups in total. The number of carbonyl (C=O) groups is 1. The number of amides is 1. The second-order valence-corrected chi connectivity index (χ2v) is 9.08. The monoisotopic (exact) mass is 513 g/mol. The third-order valence-electron chi connectivity index (χ3n) is 5.91. The molecular formula is C21H23F4N7O4. The SMILES string of the molecule is Cc1cc2nc(COC(F)(F)F)cn2c(Nc2cc([C@@H]3OC[C@H](OC(=O)NC4(C)CC4)[C@@H]3F)[nH]n2)n1. The van der Waals surface area contributed by atoms with Crippen LogP contribution in [0.2, 0.25) is 0 Å². The number of carbonyl (C=O) groups excluding carboxylic acids is 1. The number of alkyl halides is 4. The van der Waals surface area contributed by atoms with E-state index < -0.39 is 37.4 Å². The number of fused-ring (bicyclic) bond motifs is 1. The van der Waals surface area contributed by atoms with E-state index in [1.54, 1.807) is 13.0 Å². The summed E-state index contributed by atoms with van der Waals surface area (Å²) in [5, 5.41) is 12.4. The van der Waals surface area contributed by atoms with Gasteiger partial charge in [-0.1, -0.05) is 0 Å². The lowest BCUT2D eigenvalue weighted by atomic mass is 10.1. The molecule has 36 heavy (non-hydrogen) atoms. The van der Waals surface area contributed by atoms with Crippen LogP contribution in [0.5, 0.6) is 0 Å². The van der Waals surface area contributed by atoms with E-state index in [2.05, 4.69) is 35.5 Å². The average molecular weight is 513 g/mol. The minimum Gasteiger partial charge on any atom is -0.441 e. The first-order chi connectivity index (χ1) is 17.0. The molecule has 2 aliphatic rings. The number of aromatic nitrogens is 5. The highest BCUT2D eigenvalue weighted by Crippen LogP contribution is 2.36. The molecule has 5 rings (SSSR count). The number of halogens is 4. The molecule has 15 heteroatoms. The summed E-state index contributed by atoms with van der Waals surface area (Å²) < 4.78 is 68.1. The Morgan fingerprint density at radius 1 is 1.33 bits per heavy atom. The molecule has 4 heterocycles. The number of anilines is 2. The number of hydrogen-bond acceptors (Lipinski definition) is 8. The molecule has 1 aliphatic heterocycles. The number of nitrogens with one attached hydrogen (secondary N) is 3. The molecule has 1 aliphatic carbocycles. The first kappa shape index (κ1) is 24.2. The van der Waals surface area contributed by atoms with E-state index in [4.69, 9.17) is 9.47 Å². The van der Waals surface area contributed by atoms with Gasteiger partial charge < -0.3 is 20.1 Å². The van der Waals surface area contributed by atoms with Gasteiger partial charge in [-0.25, -0.2) is 19.2 Å². The third kappa shape index (κ3) is 5.36. The van der Waals surface area contributed by atoms with E-state index in [1.165, 1.54) is 16.7 Å². The molecule has 1 amide bonds. The Bertz CT molecular complexity index is 1270. The zero-order valence-electron chi connectivity index (χ0n) is 19.2. The molecule has 3 aromatic heterocycles. The van der Waals surface area contributed by atoms with E-state index in [1.807, 2.05) is 6.92 Å². The Morgan fingerprint density at radius 2 is 2.11 bits per heavy atom. The fourth-order valence-electron chi connectivity index (χ4n) is 3.79. The molecule has 194 valence electrons. The van der Waals surface area contributed by atoms with Crippen LogP contribution in [0.4, 0.5) is 34.1 Å². The van der Waals surface area contributed by atoms with Gasteiger partial charge in [-0.15, -0.1) is 13.2 Å². The maximum atomic E-state index is 15.0. The zero-order chi connectivity index (χ0) is 25.7. The van der Waals surface area contributed by atoms with Gasteiger partial charge in [-0.2, -0.15) is 5.10 Å². The van der Waals surface area contributed by atoms with Crippen LogP contribution in [0.3, 0.4) is 0 Å². The second-order valence-electron chi connectivity index (χ2n) is 9.08. The van der Waals surface area contributed by atoms with Gasteiger partial charge >= 0.3 is 12.5 Å². The van der Waals surface area contributed by atoms with Gasteiger partial charge in [-0.05, 0) is 26.7 Å². The van der Waals surface area contributed by atoms with E-state index in [0.717, 1.165) is 12.8 Å². The van der Waals surface area contributed by atoms with Gasteiger partial charge in [0.2, 0.25) is 5.95 Å². The van der Waals surface area contributed by atoms with Gasteiger partial charge in [0, 0.05) is 29.6 Å². The summed E-state index contributed by atoms with van der Waals surface area (Å²) in [6.07, 6.45) is -6.15. The van der Waals surface area contributed by atoms with E-state index in [-0.39, 0.29) is 29.6 Å². The van der Waals surface area contributed by atoms with Gasteiger partial charge in [-0.3, -0.25) is 14.2 Å². The standard InChI is InChI=1S/C21H23F4N7O4/c1-10-5-15-27-11(8-35-21(23,24)25)7-32(15)18(26-10)28-14-6-12(30-31-14)17-16(22)13(9-34-17)36-19(33)29-20(2)3-4-20/h5-7,13,16-17H,3-4,8-9H2,1-2H3,(H,29,33)(H2,26,28,30,31)/t13-,16-,17-/m0/s1. The smallest absolute Gasteiger partial charge is 0.441 e. The summed E-state index contributed by atoms with van der Waals surface area (Å²) in [4.78, 5) is 20.5. The van der Waals surface area contributed by atoms with Crippen molar-refractivity contribution in [3.8, 4) is 0 Å². The topological polar surface area (TPSA) is 128 Å². The van der Waals surface area contributed by atoms with Crippen LogP contribution in [-0.4, -0.2) is 61.4 Å². The van der Waals surface area contributed by atoms with Crippen molar-refractivity contribution in [2.75, 3.05) is 11.9 Å². The van der Waals surface area contributed by atoms with Crippen LogP contribution in [0.25, 0.3) is 5.65 Å². The molecule has 0 spiro atoms. The van der Waals surface area contributed by atoms with Crippen LogP contribution in [-0.2, 0) is 20.8 Å². The lowest BCUT2D eigenvalue weighted by Crippen LogP contribution is -2.39. The maximum absolute atomic E-state index is 15.0. The number of alkyl carbamates (subject to hydrolysis) is 1. The van der Waals surface area contributed by atoms with Crippen LogP contribution < -0.4 is 10.6 Å². The maximum Gasteiger partial charge on any atom is 0.522 e. The van der Waals surface area contributed by atoms with Gasteiger partial charge in [0.1, 0.15) is 11.8 Å². The van der Waals surface area contributed by atoms with Crippen molar-refractivity contribution < 1.29 is 36.6 Å². The lowest BCUT2D eigenvalue weighted by Gasteiger charge is -2.17. The molecule has 3 atom stereocenters. The number of nitrogens with zero attached hydrogens (tertiary/aromatic N) is 4. The average Bonchev–Trinajstić information content (AvgIpc) is 3.12. The van der Waals surface area contributed by atoms with Crippen molar-refractivity contribution in [1.29, 1.82) is 0 Å². The summed E-state index contributed by atoms with van der Waals surface area (Å²) in [7, 11) is 0. The number of rotatable bonds is 7. The van der Waals surface area contributed by atoms with Crippen LogP contribution in [0.1, 0.15) is 43.0 Å². The van der Waals surface area contributed by atoms with E-state index in [0.29, 0.717) is 17.0 Å². The molecule has 1 saturated carbocycles. The number of hydrogen-bond donors (Lipinski definition) is 3. The van der Waals surface area contributed by atoms with Crippen molar-refractivity contribution in [2.24, 2.45) is 0 Å². The van der Waals surface area contributed by atoms with Crippen LogP contribution in [0, 0.1) is 6.92 Å². The summed E-state index contributed by atoms with van der Waals surface area (Å²) in [6, 6.07) is 3.10. The molecule has 0 bridgehead atoms. The highest BCUT2D eigenvalue weighted by Gasteiger charge is 2.44. The zero-order valence-corrected chi connectivity index (χ0v) is 19.2. The highest BCUT2D eigenvalue weighted by atomic mass is 19.4. The number of H-pyrrole nitrogens is 1. The van der Waals surface area contributed by atoms with E-state index in [9.17, 15) is 22.4 Å². The fourth-order valence-corrected chi connectivity index (χ4v) is 3.79. The number of imidazole rings is 1. The van der Waals surface area contributed by atoms with E-state index >= 15 is 0 Å². The predicted molar refractivity (Wildman–Crippen MR) is 115 cm³/mol. The molecule has 3 aromatic rings. The lowest BCUT2D eigenvalue weighted by molar-refractivity contribution is -0.330. The normalized spacial score (nSPS) is 23.1. The van der Waals surface area contributed by atoms with Crippen LogP contribution in [0.15, 0.2) is 18.3 Å². The van der Waals surface area contributed by atoms with Crippen molar-refractivity contribution in [2.45, 2.75) is 63.6 Å². The van der Waals surface area contributed by atoms with Gasteiger partial charge in [0.05, 0.1) is 24.6 Å². The van der Waals surface area contributed by atoms with Gasteiger partial charge in [0.15, 0.2) is 18.1 Å². The predicted octanol–water partition coefficient (Wildman–Crippen LogP) is 3.60. The number of aryl methyl sites for hydroxylation is 1. The first-order valence-electron chi connectivity index (χ1n) is 11.1. The van der Waals surface area contributed by atoms with Crippen molar-refractivity contribution >= 4 is 23.5 Å². The molecule has 1 saturated heterocycles. The molecule has 0 radical (unpaired) electrons. The molecular weight excluding hydrogens is 490 g/mol. The Morgan fingerprint density at radius 3 is 2.83 bits per heavy atom. The molecule has 2 fully saturated rings. The first-order valence-corrected chi connectivity index (χ1v) is 11.1. The summed E-state index contributed by atoms with van der Waals surface area (Å²) >= 11 is 0. The molecule has 0 unspecified atom stereocenters. The molecule has 11 nitrogen and oxygen atoms in total. The fraction of sp³-hybridized carbons (Fsp3) is 0.524. The number of aromatic amines is 1. The quantitative estimate of drug-likeness (QED) is 0.409. The Balaban J connectivity index is 1.26. The van der Waals surface area contributed by atoms with Gasteiger partial charge in [0.25, 0.3) is 0 Å². The summed E-state index contributed by atoms with van der Waals surface area (Å²) in [5.41, 5.74) is 0.969. The number of ether oxygens (including phenoxy) is 3. The second kappa shape index (κ2) is 8.89.